The van der Waals surface area contributed by atoms with Gasteiger partial charge in [-0.2, -0.15) is 5.10 Å². The lowest BCUT2D eigenvalue weighted by Crippen LogP contribution is -2.29. The van der Waals surface area contributed by atoms with Crippen LogP contribution in [0.2, 0.25) is 0 Å². The van der Waals surface area contributed by atoms with Crippen LogP contribution in [0.1, 0.15) is 86.8 Å². The fourth-order valence-corrected chi connectivity index (χ4v) is 5.59. The molecule has 0 spiro atoms. The largest absolute Gasteiger partial charge is 0.456 e. The molecule has 1 aliphatic heterocycles. The van der Waals surface area contributed by atoms with Gasteiger partial charge in [-0.25, -0.2) is 14.3 Å². The van der Waals surface area contributed by atoms with Crippen LogP contribution in [-0.2, 0) is 17.7 Å². The molecule has 2 aromatic heterocycles. The van der Waals surface area contributed by atoms with E-state index >= 15 is 0 Å². The molecule has 0 saturated carbocycles. The summed E-state index contributed by atoms with van der Waals surface area (Å²) in [5, 5.41) is 7.27. The molecule has 3 N–H and O–H groups in total. The highest BCUT2D eigenvalue weighted by Gasteiger charge is 2.30. The third-order valence-corrected chi connectivity index (χ3v) is 8.05. The second-order valence-corrected chi connectivity index (χ2v) is 12.4. The Morgan fingerprint density at radius 3 is 2.61 bits per heavy atom. The molecule has 12 heteroatoms. The average Bonchev–Trinajstić information content (AvgIpc) is 3.75. The lowest BCUT2D eigenvalue weighted by molar-refractivity contribution is 0.00683. The number of nitrogens with two attached hydrogens (primary N) is 1. The number of aromatic nitrogens is 3. The minimum absolute atomic E-state index is 0.0520. The van der Waals surface area contributed by atoms with Crippen LogP contribution in [0.25, 0.3) is 5.65 Å². The Balaban J connectivity index is 0.000000291. The van der Waals surface area contributed by atoms with Crippen molar-refractivity contribution in [1.29, 1.82) is 0 Å². The monoisotopic (exact) mass is 617 g/mol. The van der Waals surface area contributed by atoms with Gasteiger partial charge in [0.25, 0.3) is 5.91 Å². The van der Waals surface area contributed by atoms with E-state index in [9.17, 15) is 14.4 Å². The predicted octanol–water partition coefficient (Wildman–Crippen LogP) is 4.73. The number of fused-ring (bicyclic) bond motifs is 3. The van der Waals surface area contributed by atoms with Crippen LogP contribution >= 0.6 is 8.58 Å². The second kappa shape index (κ2) is 12.7. The quantitative estimate of drug-likeness (QED) is 0.231. The molecule has 0 radical (unpaired) electrons. The molecule has 3 heterocycles. The van der Waals surface area contributed by atoms with Gasteiger partial charge in [-0.15, -0.1) is 0 Å². The van der Waals surface area contributed by atoms with E-state index in [4.69, 9.17) is 19.9 Å². The van der Waals surface area contributed by atoms with E-state index in [0.29, 0.717) is 24.5 Å². The van der Waals surface area contributed by atoms with Crippen LogP contribution in [0.5, 0.6) is 11.5 Å². The summed E-state index contributed by atoms with van der Waals surface area (Å²) in [6.07, 6.45) is 3.01. The smallest absolute Gasteiger partial charge is 0.338 e. The SMILES string of the molecule is CPC(=O)c1cc(C(=O)N[C@H]2CCc3c2ccc(C(=O)OC(C)(C)C)c3C)n2nccc2n1.NCc1ccc2c(c1)OCO2. The molecule has 44 heavy (non-hydrogen) atoms. The predicted molar refractivity (Wildman–Crippen MR) is 167 cm³/mol. The number of nitrogens with one attached hydrogen (secondary N) is 1. The molecule has 1 aliphatic carbocycles. The summed E-state index contributed by atoms with van der Waals surface area (Å²) in [6.45, 7) is 10.1. The van der Waals surface area contributed by atoms with Gasteiger partial charge in [-0.05, 0) is 102 Å². The number of hydrogen-bond acceptors (Lipinski definition) is 9. The van der Waals surface area contributed by atoms with Gasteiger partial charge >= 0.3 is 5.97 Å². The molecule has 230 valence electrons. The zero-order valence-corrected chi connectivity index (χ0v) is 26.4. The normalized spacial score (nSPS) is 15.2. The summed E-state index contributed by atoms with van der Waals surface area (Å²) in [5.41, 5.74) is 10.3. The van der Waals surface area contributed by atoms with Crippen LogP contribution in [0, 0.1) is 6.92 Å². The van der Waals surface area contributed by atoms with Gasteiger partial charge in [-0.3, -0.25) is 9.59 Å². The van der Waals surface area contributed by atoms with E-state index in [0.717, 1.165) is 46.6 Å². The van der Waals surface area contributed by atoms with E-state index in [2.05, 4.69) is 15.4 Å². The average molecular weight is 618 g/mol. The van der Waals surface area contributed by atoms with E-state index < -0.39 is 5.60 Å². The van der Waals surface area contributed by atoms with Gasteiger partial charge in [0.1, 0.15) is 17.0 Å². The number of amides is 1. The van der Waals surface area contributed by atoms with Crippen LogP contribution in [0.3, 0.4) is 0 Å². The van der Waals surface area contributed by atoms with Crippen molar-refractivity contribution in [2.24, 2.45) is 5.73 Å². The molecule has 4 aromatic rings. The van der Waals surface area contributed by atoms with Gasteiger partial charge in [0.05, 0.1) is 17.8 Å². The van der Waals surface area contributed by atoms with E-state index in [1.54, 1.807) is 25.0 Å². The van der Waals surface area contributed by atoms with Crippen molar-refractivity contribution in [2.45, 2.75) is 58.7 Å². The molecule has 6 rings (SSSR count). The zero-order chi connectivity index (χ0) is 31.6. The molecular weight excluding hydrogens is 581 g/mol. The Hall–Kier alpha value is -4.34. The summed E-state index contributed by atoms with van der Waals surface area (Å²) < 4.78 is 17.3. The molecular formula is C32H36N5O6P. The number of benzene rings is 2. The van der Waals surface area contributed by atoms with Gasteiger partial charge < -0.3 is 25.3 Å². The molecule has 0 saturated heterocycles. The molecule has 2 atom stereocenters. The summed E-state index contributed by atoms with van der Waals surface area (Å²) in [6, 6.07) is 12.3. The van der Waals surface area contributed by atoms with Gasteiger partial charge in [-0.1, -0.05) is 12.1 Å². The van der Waals surface area contributed by atoms with Crippen molar-refractivity contribution in [3.63, 3.8) is 0 Å². The van der Waals surface area contributed by atoms with Crippen molar-refractivity contribution >= 4 is 31.6 Å². The number of hydrogen-bond donors (Lipinski definition) is 2. The first-order chi connectivity index (χ1) is 21.0. The number of rotatable bonds is 6. The Morgan fingerprint density at radius 2 is 1.89 bits per heavy atom. The standard InChI is InChI=1S/C24H27N4O4P.C8H9NO2/c1-13-14-8-9-17(16(14)7-6-15(13)22(30)32-24(2,3)4)27-21(29)19-12-18(23(31)33-5)26-20-10-11-25-28(19)20;9-4-6-1-2-7-8(3-6)11-5-10-7/h6-7,10-12,17,33H,8-9H2,1-5H3,(H,27,29);1-3H,4-5,9H2/t17-;/m0./s1. The number of esters is 1. The first kappa shape index (κ1) is 31.1. The summed E-state index contributed by atoms with van der Waals surface area (Å²) in [5.74, 6) is 0.934. The summed E-state index contributed by atoms with van der Waals surface area (Å²) in [4.78, 5) is 42.4. The molecule has 2 aliphatic rings. The minimum Gasteiger partial charge on any atom is -0.456 e. The third kappa shape index (κ3) is 6.59. The first-order valence-corrected chi connectivity index (χ1v) is 15.8. The topological polar surface area (TPSA) is 147 Å². The minimum atomic E-state index is -0.570. The highest BCUT2D eigenvalue weighted by molar-refractivity contribution is 7.58. The maximum atomic E-state index is 13.2. The Kier molecular flexibility index (Phi) is 8.99. The maximum absolute atomic E-state index is 13.2. The molecule has 1 unspecified atom stereocenters. The van der Waals surface area contributed by atoms with Crippen LogP contribution < -0.4 is 20.5 Å². The molecule has 0 bridgehead atoms. The molecule has 0 fully saturated rings. The van der Waals surface area contributed by atoms with Crippen molar-refractivity contribution in [1.82, 2.24) is 19.9 Å². The van der Waals surface area contributed by atoms with Crippen molar-refractivity contribution in [2.75, 3.05) is 13.5 Å². The van der Waals surface area contributed by atoms with Crippen molar-refractivity contribution < 1.29 is 28.6 Å². The fraction of sp³-hybridized carbons (Fsp3) is 0.344. The zero-order valence-electron chi connectivity index (χ0n) is 25.4. The fourth-order valence-electron chi connectivity index (χ4n) is 5.20. The van der Waals surface area contributed by atoms with Gasteiger partial charge in [0.2, 0.25) is 6.79 Å². The van der Waals surface area contributed by atoms with Crippen LogP contribution in [-0.4, -0.2) is 51.1 Å². The van der Waals surface area contributed by atoms with E-state index in [1.165, 1.54) is 10.6 Å². The highest BCUT2D eigenvalue weighted by Crippen LogP contribution is 2.35. The molecule has 1 amide bonds. The third-order valence-electron chi connectivity index (χ3n) is 7.34. The lowest BCUT2D eigenvalue weighted by Gasteiger charge is -2.21. The number of nitrogens with zero attached hydrogens (tertiary/aromatic N) is 3. The van der Waals surface area contributed by atoms with E-state index in [-0.39, 0.29) is 43.4 Å². The van der Waals surface area contributed by atoms with Gasteiger partial charge in [0, 0.05) is 12.6 Å². The second-order valence-electron chi connectivity index (χ2n) is 11.5. The first-order valence-electron chi connectivity index (χ1n) is 14.3. The molecule has 2 aromatic carbocycles. The maximum Gasteiger partial charge on any atom is 0.338 e. The summed E-state index contributed by atoms with van der Waals surface area (Å²) >= 11 is 0. The number of carbonyl (C=O) groups excluding carboxylic acids is 3. The van der Waals surface area contributed by atoms with Gasteiger partial charge in [0.15, 0.2) is 22.7 Å². The van der Waals surface area contributed by atoms with Crippen molar-refractivity contribution in [3.05, 3.63) is 87.9 Å². The van der Waals surface area contributed by atoms with E-state index in [1.807, 2.05) is 52.0 Å². The summed E-state index contributed by atoms with van der Waals surface area (Å²) in [7, 11) is 0.0520. The number of carbonyl (C=O) groups is 3. The van der Waals surface area contributed by atoms with Crippen LogP contribution in [0.4, 0.5) is 0 Å². The highest BCUT2D eigenvalue weighted by atomic mass is 31.1. The lowest BCUT2D eigenvalue weighted by atomic mass is 9.97. The Labute approximate surface area is 257 Å². The Bertz CT molecular complexity index is 1750. The van der Waals surface area contributed by atoms with Crippen molar-refractivity contribution in [3.8, 4) is 11.5 Å². The number of ether oxygens (including phenoxy) is 3. The molecule has 11 nitrogen and oxygen atoms in total. The Morgan fingerprint density at radius 1 is 1.11 bits per heavy atom. The van der Waals surface area contributed by atoms with Crippen LogP contribution in [0.15, 0.2) is 48.7 Å².